The van der Waals surface area contributed by atoms with Gasteiger partial charge in [0.25, 0.3) is 0 Å². The molecule has 2 fully saturated rings. The Bertz CT molecular complexity index is 178. The van der Waals surface area contributed by atoms with Crippen LogP contribution in [0.25, 0.3) is 0 Å². The van der Waals surface area contributed by atoms with E-state index in [-0.39, 0.29) is 17.9 Å². The lowest BCUT2D eigenvalue weighted by molar-refractivity contribution is -0.123. The van der Waals surface area contributed by atoms with Gasteiger partial charge < -0.3 is 14.9 Å². The minimum Gasteiger partial charge on any atom is -0.390 e. The Morgan fingerprint density at radius 2 is 1.83 bits per heavy atom. The van der Waals surface area contributed by atoms with Crippen LogP contribution in [-0.4, -0.2) is 28.7 Å². The van der Waals surface area contributed by atoms with E-state index in [9.17, 15) is 10.2 Å². The molecular weight excluding hydrogens is 156 g/mol. The SMILES string of the molecule is CC1C(C)C2CC(OC2O)C1O. The van der Waals surface area contributed by atoms with E-state index in [0.717, 1.165) is 6.42 Å². The summed E-state index contributed by atoms with van der Waals surface area (Å²) >= 11 is 0. The van der Waals surface area contributed by atoms with Crippen molar-refractivity contribution in [2.45, 2.75) is 38.8 Å². The average Bonchev–Trinajstić information content (AvgIpc) is 2.39. The third-order valence-electron chi connectivity index (χ3n) is 3.61. The van der Waals surface area contributed by atoms with E-state index in [0.29, 0.717) is 5.92 Å². The Labute approximate surface area is 72.3 Å². The topological polar surface area (TPSA) is 49.7 Å². The van der Waals surface area contributed by atoms with Gasteiger partial charge in [0.05, 0.1) is 12.2 Å². The smallest absolute Gasteiger partial charge is 0.158 e. The zero-order valence-corrected chi connectivity index (χ0v) is 7.47. The zero-order valence-electron chi connectivity index (χ0n) is 7.47. The number of aliphatic hydroxyl groups excluding tert-OH is 2. The highest BCUT2D eigenvalue weighted by atomic mass is 16.6. The van der Waals surface area contributed by atoms with Crippen LogP contribution in [0.5, 0.6) is 0 Å². The van der Waals surface area contributed by atoms with Gasteiger partial charge in [-0.25, -0.2) is 0 Å². The van der Waals surface area contributed by atoms with Gasteiger partial charge in [0, 0.05) is 5.92 Å². The fourth-order valence-corrected chi connectivity index (χ4v) is 2.45. The van der Waals surface area contributed by atoms with E-state index in [1.165, 1.54) is 0 Å². The molecule has 3 heteroatoms. The second-order valence-electron chi connectivity index (χ2n) is 4.17. The van der Waals surface area contributed by atoms with Crippen LogP contribution in [0.4, 0.5) is 0 Å². The average molecular weight is 172 g/mol. The molecule has 12 heavy (non-hydrogen) atoms. The van der Waals surface area contributed by atoms with Crippen molar-refractivity contribution in [3.63, 3.8) is 0 Å². The Balaban J connectivity index is 2.20. The fourth-order valence-electron chi connectivity index (χ4n) is 2.45. The van der Waals surface area contributed by atoms with Crippen LogP contribution in [0.2, 0.25) is 0 Å². The Morgan fingerprint density at radius 3 is 2.50 bits per heavy atom. The molecule has 6 atom stereocenters. The minimum atomic E-state index is -0.649. The first-order valence-corrected chi connectivity index (χ1v) is 4.63. The van der Waals surface area contributed by atoms with Gasteiger partial charge in [0.2, 0.25) is 0 Å². The summed E-state index contributed by atoms with van der Waals surface area (Å²) in [7, 11) is 0. The molecule has 0 spiro atoms. The number of hydrogen-bond acceptors (Lipinski definition) is 3. The van der Waals surface area contributed by atoms with Crippen molar-refractivity contribution in [3.8, 4) is 0 Å². The van der Waals surface area contributed by atoms with Gasteiger partial charge in [0.1, 0.15) is 0 Å². The summed E-state index contributed by atoms with van der Waals surface area (Å²) in [6.45, 7) is 4.10. The molecule has 70 valence electrons. The second-order valence-corrected chi connectivity index (χ2v) is 4.17. The van der Waals surface area contributed by atoms with Crippen molar-refractivity contribution in [1.29, 1.82) is 0 Å². The third-order valence-corrected chi connectivity index (χ3v) is 3.61. The van der Waals surface area contributed by atoms with E-state index in [1.807, 2.05) is 6.92 Å². The van der Waals surface area contributed by atoms with E-state index in [4.69, 9.17) is 4.74 Å². The monoisotopic (exact) mass is 172 g/mol. The highest BCUT2D eigenvalue weighted by molar-refractivity contribution is 4.94. The first kappa shape index (κ1) is 8.48. The summed E-state index contributed by atoms with van der Waals surface area (Å²) in [6, 6.07) is 0. The predicted octanol–water partition coefficient (Wildman–Crippen LogP) is 0.357. The van der Waals surface area contributed by atoms with Crippen LogP contribution in [0.15, 0.2) is 0 Å². The van der Waals surface area contributed by atoms with Gasteiger partial charge in [-0.1, -0.05) is 13.8 Å². The molecular formula is C9H16O3. The predicted molar refractivity (Wildman–Crippen MR) is 43.3 cm³/mol. The fraction of sp³-hybridized carbons (Fsp3) is 1.00. The summed E-state index contributed by atoms with van der Waals surface area (Å²) in [4.78, 5) is 0. The molecule has 6 unspecified atom stereocenters. The number of rotatable bonds is 0. The molecule has 2 rings (SSSR count). The van der Waals surface area contributed by atoms with E-state index >= 15 is 0 Å². The van der Waals surface area contributed by atoms with Crippen molar-refractivity contribution in [2.75, 3.05) is 0 Å². The summed E-state index contributed by atoms with van der Waals surface area (Å²) in [6.07, 6.45) is -0.359. The lowest BCUT2D eigenvalue weighted by Crippen LogP contribution is -2.40. The van der Waals surface area contributed by atoms with E-state index < -0.39 is 12.4 Å². The molecule has 0 aromatic carbocycles. The van der Waals surface area contributed by atoms with Gasteiger partial charge in [-0.2, -0.15) is 0 Å². The first-order chi connectivity index (χ1) is 5.61. The largest absolute Gasteiger partial charge is 0.390 e. The van der Waals surface area contributed by atoms with Crippen molar-refractivity contribution in [3.05, 3.63) is 0 Å². The maximum Gasteiger partial charge on any atom is 0.158 e. The van der Waals surface area contributed by atoms with Gasteiger partial charge in [-0.15, -0.1) is 0 Å². The molecule has 2 N–H and O–H groups in total. The van der Waals surface area contributed by atoms with Crippen molar-refractivity contribution >= 4 is 0 Å². The molecule has 1 saturated heterocycles. The number of fused-ring (bicyclic) bond motifs is 2. The molecule has 0 aromatic heterocycles. The summed E-state index contributed by atoms with van der Waals surface area (Å²) in [5, 5.41) is 19.2. The minimum absolute atomic E-state index is 0.129. The van der Waals surface area contributed by atoms with Gasteiger partial charge >= 0.3 is 0 Å². The second kappa shape index (κ2) is 2.69. The third kappa shape index (κ3) is 1.00. The number of hydrogen-bond donors (Lipinski definition) is 2. The molecule has 1 heterocycles. The molecule has 1 aliphatic carbocycles. The van der Waals surface area contributed by atoms with Crippen molar-refractivity contribution < 1.29 is 14.9 Å². The van der Waals surface area contributed by atoms with Crippen LogP contribution < -0.4 is 0 Å². The van der Waals surface area contributed by atoms with Gasteiger partial charge in [-0.3, -0.25) is 0 Å². The summed E-state index contributed by atoms with van der Waals surface area (Å²) in [5.41, 5.74) is 0. The lowest BCUT2D eigenvalue weighted by Gasteiger charge is -2.34. The highest BCUT2D eigenvalue weighted by Crippen LogP contribution is 2.43. The molecule has 0 aromatic rings. The summed E-state index contributed by atoms with van der Waals surface area (Å²) in [5.74, 6) is 0.827. The van der Waals surface area contributed by atoms with Crippen LogP contribution in [0.1, 0.15) is 20.3 Å². The maximum absolute atomic E-state index is 9.72. The highest BCUT2D eigenvalue weighted by Gasteiger charge is 2.49. The van der Waals surface area contributed by atoms with E-state index in [2.05, 4.69) is 6.92 Å². The Morgan fingerprint density at radius 1 is 1.17 bits per heavy atom. The van der Waals surface area contributed by atoms with E-state index in [1.54, 1.807) is 0 Å². The van der Waals surface area contributed by atoms with Gasteiger partial charge in [0.15, 0.2) is 6.29 Å². The van der Waals surface area contributed by atoms with Crippen molar-refractivity contribution in [1.82, 2.24) is 0 Å². The quantitative estimate of drug-likeness (QED) is 0.554. The van der Waals surface area contributed by atoms with Crippen LogP contribution in [-0.2, 0) is 4.74 Å². The normalized spacial score (nSPS) is 59.0. The summed E-state index contributed by atoms with van der Waals surface area (Å²) < 4.78 is 5.24. The molecule has 3 nitrogen and oxygen atoms in total. The van der Waals surface area contributed by atoms with Crippen LogP contribution in [0.3, 0.4) is 0 Å². The molecule has 1 aliphatic heterocycles. The Hall–Kier alpha value is -0.120. The zero-order chi connectivity index (χ0) is 8.88. The molecule has 1 saturated carbocycles. The van der Waals surface area contributed by atoms with Crippen molar-refractivity contribution in [2.24, 2.45) is 17.8 Å². The van der Waals surface area contributed by atoms with Gasteiger partial charge in [-0.05, 0) is 18.3 Å². The molecule has 2 bridgehead atoms. The van der Waals surface area contributed by atoms with Crippen LogP contribution >= 0.6 is 0 Å². The maximum atomic E-state index is 9.72. The first-order valence-electron chi connectivity index (χ1n) is 4.63. The van der Waals surface area contributed by atoms with Crippen LogP contribution in [0, 0.1) is 17.8 Å². The number of ether oxygens (including phenoxy) is 1. The number of aliphatic hydroxyl groups is 2. The molecule has 2 aliphatic rings. The molecule has 0 amide bonds. The standard InChI is InChI=1S/C9H16O3/c1-4-5(2)8(10)7-3-6(4)9(11)12-7/h4-11H,3H2,1-2H3. The lowest BCUT2D eigenvalue weighted by atomic mass is 9.72. The molecule has 0 radical (unpaired) electrons. The Kier molecular flexibility index (Phi) is 1.90.